The molecule has 2 aromatic rings. The third-order valence-corrected chi connectivity index (χ3v) is 3.34. The van der Waals surface area contributed by atoms with Crippen LogP contribution in [0.5, 0.6) is 0 Å². The van der Waals surface area contributed by atoms with Crippen LogP contribution in [-0.4, -0.2) is 18.9 Å². The number of nitrogens with zero attached hydrogens (tertiary/aromatic N) is 1. The molecule has 18 heavy (non-hydrogen) atoms. The van der Waals surface area contributed by atoms with Crippen molar-refractivity contribution in [3.63, 3.8) is 0 Å². The second kappa shape index (κ2) is 4.69. The lowest BCUT2D eigenvalue weighted by atomic mass is 10.0. The minimum Gasteiger partial charge on any atom is -0.461 e. The topological polar surface area (TPSA) is 33.5 Å². The molecule has 0 atom stereocenters. The Morgan fingerprint density at radius 3 is 2.94 bits per heavy atom. The van der Waals surface area contributed by atoms with Gasteiger partial charge in [0.1, 0.15) is 0 Å². The minimum atomic E-state index is 0.0386. The fourth-order valence-corrected chi connectivity index (χ4v) is 2.46. The second-order valence-electron chi connectivity index (χ2n) is 4.55. The number of furan rings is 1. The Morgan fingerprint density at radius 1 is 1.22 bits per heavy atom. The van der Waals surface area contributed by atoms with E-state index in [-0.39, 0.29) is 5.78 Å². The summed E-state index contributed by atoms with van der Waals surface area (Å²) in [5, 5.41) is 0. The van der Waals surface area contributed by atoms with E-state index < -0.39 is 0 Å². The number of para-hydroxylation sites is 1. The summed E-state index contributed by atoms with van der Waals surface area (Å²) >= 11 is 0. The summed E-state index contributed by atoms with van der Waals surface area (Å²) in [5.74, 6) is 0.481. The van der Waals surface area contributed by atoms with Gasteiger partial charge in [-0.1, -0.05) is 18.2 Å². The lowest BCUT2D eigenvalue weighted by Crippen LogP contribution is -2.34. The van der Waals surface area contributed by atoms with Crippen molar-refractivity contribution < 1.29 is 9.21 Å². The molecule has 1 aromatic heterocycles. The Hall–Kier alpha value is -2.03. The third kappa shape index (κ3) is 2.04. The summed E-state index contributed by atoms with van der Waals surface area (Å²) in [5.41, 5.74) is 2.51. The van der Waals surface area contributed by atoms with Crippen molar-refractivity contribution in [1.82, 2.24) is 0 Å². The highest BCUT2D eigenvalue weighted by atomic mass is 16.3. The first-order valence-electron chi connectivity index (χ1n) is 6.24. The second-order valence-corrected chi connectivity index (χ2v) is 4.55. The van der Waals surface area contributed by atoms with E-state index in [9.17, 15) is 4.79 Å². The van der Waals surface area contributed by atoms with Gasteiger partial charge in [0.25, 0.3) is 0 Å². The minimum absolute atomic E-state index is 0.0386. The van der Waals surface area contributed by atoms with Crippen LogP contribution in [0.2, 0.25) is 0 Å². The van der Waals surface area contributed by atoms with Gasteiger partial charge in [0.05, 0.1) is 12.8 Å². The van der Waals surface area contributed by atoms with Gasteiger partial charge < -0.3 is 9.32 Å². The Kier molecular flexibility index (Phi) is 2.89. The van der Waals surface area contributed by atoms with E-state index >= 15 is 0 Å². The van der Waals surface area contributed by atoms with Crippen molar-refractivity contribution >= 4 is 11.5 Å². The van der Waals surface area contributed by atoms with Crippen LogP contribution < -0.4 is 4.90 Å². The number of carbonyl (C=O) groups is 1. The van der Waals surface area contributed by atoms with E-state index in [1.165, 1.54) is 17.5 Å². The Labute approximate surface area is 106 Å². The van der Waals surface area contributed by atoms with Crippen molar-refractivity contribution in [3.05, 3.63) is 54.0 Å². The number of hydrogen-bond donors (Lipinski definition) is 0. The molecule has 3 nitrogen and oxygen atoms in total. The number of ketones is 1. The van der Waals surface area contributed by atoms with Crippen LogP contribution in [-0.2, 0) is 6.42 Å². The maximum Gasteiger partial charge on any atom is 0.217 e. The van der Waals surface area contributed by atoms with Gasteiger partial charge in [-0.15, -0.1) is 0 Å². The van der Waals surface area contributed by atoms with Gasteiger partial charge in [0, 0.05) is 12.2 Å². The van der Waals surface area contributed by atoms with Gasteiger partial charge >= 0.3 is 0 Å². The van der Waals surface area contributed by atoms with E-state index in [4.69, 9.17) is 4.42 Å². The molecule has 0 unspecified atom stereocenters. The summed E-state index contributed by atoms with van der Waals surface area (Å²) in [6, 6.07) is 11.8. The zero-order chi connectivity index (χ0) is 12.4. The molecular weight excluding hydrogens is 226 g/mol. The van der Waals surface area contributed by atoms with Crippen LogP contribution in [0, 0.1) is 0 Å². The van der Waals surface area contributed by atoms with Gasteiger partial charge in [-0.05, 0) is 36.6 Å². The SMILES string of the molecule is O=C(CN1CCCc2ccccc21)c1ccco1. The molecule has 0 radical (unpaired) electrons. The van der Waals surface area contributed by atoms with E-state index in [0.29, 0.717) is 12.3 Å². The van der Waals surface area contributed by atoms with Crippen LogP contribution in [0.3, 0.4) is 0 Å². The van der Waals surface area contributed by atoms with Crippen molar-refractivity contribution in [2.75, 3.05) is 18.0 Å². The van der Waals surface area contributed by atoms with Crippen molar-refractivity contribution in [3.8, 4) is 0 Å². The maximum atomic E-state index is 12.0. The number of aryl methyl sites for hydroxylation is 1. The lowest BCUT2D eigenvalue weighted by molar-refractivity contribution is 0.0972. The highest BCUT2D eigenvalue weighted by Gasteiger charge is 2.20. The fourth-order valence-electron chi connectivity index (χ4n) is 2.46. The molecular formula is C15H15NO2. The molecule has 0 amide bonds. The first kappa shape index (κ1) is 11.1. The Morgan fingerprint density at radius 2 is 2.11 bits per heavy atom. The lowest BCUT2D eigenvalue weighted by Gasteiger charge is -2.30. The van der Waals surface area contributed by atoms with Gasteiger partial charge in [-0.25, -0.2) is 0 Å². The quantitative estimate of drug-likeness (QED) is 0.775. The normalized spacial score (nSPS) is 14.3. The van der Waals surface area contributed by atoms with Gasteiger partial charge in [0.2, 0.25) is 5.78 Å². The molecule has 0 N–H and O–H groups in total. The number of hydrogen-bond acceptors (Lipinski definition) is 3. The van der Waals surface area contributed by atoms with E-state index in [1.807, 2.05) is 6.07 Å². The molecule has 3 heteroatoms. The van der Waals surface area contributed by atoms with Crippen molar-refractivity contribution in [2.24, 2.45) is 0 Å². The standard InChI is InChI=1S/C15H15NO2/c17-14(15-8-4-10-18-15)11-16-9-3-6-12-5-1-2-7-13(12)16/h1-2,4-5,7-8,10H,3,6,9,11H2. The molecule has 3 rings (SSSR count). The highest BCUT2D eigenvalue weighted by molar-refractivity contribution is 5.97. The van der Waals surface area contributed by atoms with Gasteiger partial charge in [-0.2, -0.15) is 0 Å². The largest absolute Gasteiger partial charge is 0.461 e. The number of carbonyl (C=O) groups excluding carboxylic acids is 1. The van der Waals surface area contributed by atoms with Crippen LogP contribution in [0.4, 0.5) is 5.69 Å². The maximum absolute atomic E-state index is 12.0. The van der Waals surface area contributed by atoms with Crippen molar-refractivity contribution in [1.29, 1.82) is 0 Å². The summed E-state index contributed by atoms with van der Waals surface area (Å²) in [6.07, 6.45) is 3.74. The number of Topliss-reactive ketones (excluding diaryl/α,β-unsaturated/α-hetero) is 1. The van der Waals surface area contributed by atoms with Crippen molar-refractivity contribution in [2.45, 2.75) is 12.8 Å². The van der Waals surface area contributed by atoms with E-state index in [2.05, 4.69) is 23.1 Å². The molecule has 0 fully saturated rings. The summed E-state index contributed by atoms with van der Waals surface area (Å²) in [7, 11) is 0. The molecule has 1 aliphatic heterocycles. The average Bonchev–Trinajstić information content (AvgIpc) is 2.93. The number of rotatable bonds is 3. The molecule has 1 aliphatic rings. The van der Waals surface area contributed by atoms with Crippen LogP contribution in [0.15, 0.2) is 47.1 Å². The van der Waals surface area contributed by atoms with E-state index in [1.54, 1.807) is 12.1 Å². The zero-order valence-corrected chi connectivity index (χ0v) is 10.1. The van der Waals surface area contributed by atoms with E-state index in [0.717, 1.165) is 19.4 Å². The number of benzene rings is 1. The van der Waals surface area contributed by atoms with Gasteiger partial charge in [-0.3, -0.25) is 4.79 Å². The third-order valence-electron chi connectivity index (χ3n) is 3.34. The monoisotopic (exact) mass is 241 g/mol. The molecule has 2 heterocycles. The van der Waals surface area contributed by atoms with Crippen LogP contribution in [0.1, 0.15) is 22.5 Å². The fraction of sp³-hybridized carbons (Fsp3) is 0.267. The smallest absolute Gasteiger partial charge is 0.217 e. The number of anilines is 1. The van der Waals surface area contributed by atoms with Gasteiger partial charge in [0.15, 0.2) is 5.76 Å². The van der Waals surface area contributed by atoms with Crippen LogP contribution in [0.25, 0.3) is 0 Å². The Bertz CT molecular complexity index is 545. The molecule has 92 valence electrons. The molecule has 0 saturated carbocycles. The number of fused-ring (bicyclic) bond motifs is 1. The molecule has 0 spiro atoms. The summed E-state index contributed by atoms with van der Waals surface area (Å²) in [4.78, 5) is 14.2. The Balaban J connectivity index is 1.80. The average molecular weight is 241 g/mol. The molecule has 0 bridgehead atoms. The molecule has 1 aromatic carbocycles. The van der Waals surface area contributed by atoms with Crippen LogP contribution >= 0.6 is 0 Å². The predicted molar refractivity (Wildman–Crippen MR) is 70.0 cm³/mol. The summed E-state index contributed by atoms with van der Waals surface area (Å²) in [6.45, 7) is 1.33. The summed E-state index contributed by atoms with van der Waals surface area (Å²) < 4.78 is 5.15. The first-order valence-corrected chi connectivity index (χ1v) is 6.24. The predicted octanol–water partition coefficient (Wildman–Crippen LogP) is 2.92. The molecule has 0 aliphatic carbocycles. The highest BCUT2D eigenvalue weighted by Crippen LogP contribution is 2.26. The zero-order valence-electron chi connectivity index (χ0n) is 10.1. The molecule has 0 saturated heterocycles. The first-order chi connectivity index (χ1) is 8.84.